The van der Waals surface area contributed by atoms with E-state index >= 15 is 0 Å². The van der Waals surface area contributed by atoms with Crippen molar-refractivity contribution in [2.45, 2.75) is 38.9 Å². The van der Waals surface area contributed by atoms with Gasteiger partial charge >= 0.3 is 0 Å². The van der Waals surface area contributed by atoms with Crippen LogP contribution in [0.3, 0.4) is 0 Å². The summed E-state index contributed by atoms with van der Waals surface area (Å²) in [5.74, 6) is 3.59. The first-order chi connectivity index (χ1) is 7.40. The van der Waals surface area contributed by atoms with Crippen LogP contribution in [0.5, 0.6) is 0 Å². The first-order valence-corrected chi connectivity index (χ1v) is 6.73. The zero-order valence-electron chi connectivity index (χ0n) is 9.15. The van der Waals surface area contributed by atoms with E-state index in [2.05, 4.69) is 27.0 Å². The molecule has 0 unspecified atom stereocenters. The molecule has 0 amide bonds. The van der Waals surface area contributed by atoms with Crippen LogP contribution < -0.4 is 5.32 Å². The summed E-state index contributed by atoms with van der Waals surface area (Å²) in [6.07, 6.45) is 4.24. The molecule has 2 rings (SSSR count). The first kappa shape index (κ1) is 11.0. The smallest absolute Gasteiger partial charge is 0.146 e. The van der Waals surface area contributed by atoms with E-state index in [1.807, 2.05) is 18.1 Å². The maximum absolute atomic E-state index is 4.14. The van der Waals surface area contributed by atoms with Crippen molar-refractivity contribution in [3.05, 3.63) is 12.2 Å². The Morgan fingerprint density at radius 3 is 3.33 bits per heavy atom. The van der Waals surface area contributed by atoms with Crippen LogP contribution in [0.1, 0.15) is 25.6 Å². The minimum absolute atomic E-state index is 0.668. The Morgan fingerprint density at radius 1 is 1.67 bits per heavy atom. The molecule has 0 aliphatic carbocycles. The molecule has 1 N–H and O–H groups in total. The number of nitrogens with zero attached hydrogens (tertiary/aromatic N) is 3. The molecule has 5 heteroatoms. The summed E-state index contributed by atoms with van der Waals surface area (Å²) in [7, 11) is 0. The quantitative estimate of drug-likeness (QED) is 0.821. The molecule has 1 fully saturated rings. The van der Waals surface area contributed by atoms with Gasteiger partial charge in [0.25, 0.3) is 0 Å². The van der Waals surface area contributed by atoms with Gasteiger partial charge in [0.05, 0.1) is 6.54 Å². The molecule has 1 aliphatic rings. The van der Waals surface area contributed by atoms with Crippen LogP contribution in [0.4, 0.5) is 0 Å². The van der Waals surface area contributed by atoms with Crippen LogP contribution in [-0.2, 0) is 13.1 Å². The van der Waals surface area contributed by atoms with Crippen LogP contribution in [0, 0.1) is 0 Å². The minimum atomic E-state index is 0.668. The second-order valence-corrected chi connectivity index (χ2v) is 5.03. The third-order valence-electron chi connectivity index (χ3n) is 2.64. The van der Waals surface area contributed by atoms with Crippen molar-refractivity contribution in [1.29, 1.82) is 0 Å². The number of rotatable bonds is 5. The van der Waals surface area contributed by atoms with Crippen molar-refractivity contribution in [2.24, 2.45) is 0 Å². The lowest BCUT2D eigenvalue weighted by Gasteiger charge is -2.11. The van der Waals surface area contributed by atoms with Gasteiger partial charge in [0.2, 0.25) is 0 Å². The molecule has 0 bridgehead atoms. The van der Waals surface area contributed by atoms with Crippen molar-refractivity contribution < 1.29 is 0 Å². The average Bonchev–Trinajstić information content (AvgIpc) is 2.85. The summed E-state index contributed by atoms with van der Waals surface area (Å²) in [6.45, 7) is 4.04. The Bertz CT molecular complexity index is 293. The van der Waals surface area contributed by atoms with E-state index in [4.69, 9.17) is 0 Å². The number of thioether (sulfide) groups is 1. The van der Waals surface area contributed by atoms with Gasteiger partial charge in [-0.25, -0.2) is 0 Å². The summed E-state index contributed by atoms with van der Waals surface area (Å²) in [5.41, 5.74) is 0. The molecule has 0 saturated carbocycles. The first-order valence-electron chi connectivity index (χ1n) is 5.58. The number of hydrogen-bond acceptors (Lipinski definition) is 4. The molecular weight excluding hydrogens is 208 g/mol. The fourth-order valence-corrected chi connectivity index (χ4v) is 2.96. The lowest BCUT2D eigenvalue weighted by atomic mass is 10.2. The Labute approximate surface area is 94.8 Å². The topological polar surface area (TPSA) is 42.7 Å². The van der Waals surface area contributed by atoms with Crippen molar-refractivity contribution in [3.8, 4) is 0 Å². The van der Waals surface area contributed by atoms with E-state index in [1.54, 1.807) is 0 Å². The van der Waals surface area contributed by atoms with Gasteiger partial charge in [-0.05, 0) is 18.6 Å². The van der Waals surface area contributed by atoms with Gasteiger partial charge < -0.3 is 9.88 Å². The fourth-order valence-electron chi connectivity index (χ4n) is 1.77. The molecular formula is C10H18N4S. The predicted molar refractivity (Wildman–Crippen MR) is 62.9 cm³/mol. The highest BCUT2D eigenvalue weighted by molar-refractivity contribution is 7.99. The molecule has 15 heavy (non-hydrogen) atoms. The number of nitrogens with one attached hydrogen (secondary N) is 1. The standard InChI is InChI=1S/C10H18N4S/c1-2-4-14-8-12-13-10(14)6-11-9-3-5-15-7-9/h8-9,11H,2-7H2,1H3/t9-/m1/s1. The van der Waals surface area contributed by atoms with E-state index in [9.17, 15) is 0 Å². The molecule has 0 aromatic carbocycles. The molecule has 1 atom stereocenters. The fraction of sp³-hybridized carbons (Fsp3) is 0.800. The minimum Gasteiger partial charge on any atom is -0.317 e. The highest BCUT2D eigenvalue weighted by Gasteiger charge is 2.15. The zero-order valence-corrected chi connectivity index (χ0v) is 9.96. The molecule has 0 radical (unpaired) electrons. The van der Waals surface area contributed by atoms with Gasteiger partial charge in [0.15, 0.2) is 0 Å². The highest BCUT2D eigenvalue weighted by atomic mass is 32.2. The Hall–Kier alpha value is -0.550. The predicted octanol–water partition coefficient (Wildman–Crippen LogP) is 1.28. The molecule has 1 aromatic heterocycles. The third-order valence-corrected chi connectivity index (χ3v) is 3.80. The maximum Gasteiger partial charge on any atom is 0.146 e. The normalized spacial score (nSPS) is 21.0. The van der Waals surface area contributed by atoms with Gasteiger partial charge in [-0.1, -0.05) is 6.92 Å². The van der Waals surface area contributed by atoms with E-state index in [-0.39, 0.29) is 0 Å². The average molecular weight is 226 g/mol. The number of aryl methyl sites for hydroxylation is 1. The van der Waals surface area contributed by atoms with Gasteiger partial charge in [0, 0.05) is 18.3 Å². The lowest BCUT2D eigenvalue weighted by Crippen LogP contribution is -2.29. The van der Waals surface area contributed by atoms with Crippen LogP contribution in [0.25, 0.3) is 0 Å². The summed E-state index contributed by atoms with van der Waals surface area (Å²) in [4.78, 5) is 0. The van der Waals surface area contributed by atoms with E-state index in [0.717, 1.165) is 25.3 Å². The van der Waals surface area contributed by atoms with Crippen LogP contribution in [0.15, 0.2) is 6.33 Å². The second-order valence-electron chi connectivity index (χ2n) is 3.88. The maximum atomic E-state index is 4.14. The summed E-state index contributed by atoms with van der Waals surface area (Å²) in [5, 5.41) is 11.6. The van der Waals surface area contributed by atoms with Crippen molar-refractivity contribution >= 4 is 11.8 Å². The molecule has 2 heterocycles. The van der Waals surface area contributed by atoms with Gasteiger partial charge in [-0.3, -0.25) is 0 Å². The van der Waals surface area contributed by atoms with E-state index in [0.29, 0.717) is 6.04 Å². The second kappa shape index (κ2) is 5.51. The van der Waals surface area contributed by atoms with Crippen molar-refractivity contribution in [2.75, 3.05) is 11.5 Å². The monoisotopic (exact) mass is 226 g/mol. The summed E-state index contributed by atoms with van der Waals surface area (Å²) < 4.78 is 2.13. The van der Waals surface area contributed by atoms with Crippen molar-refractivity contribution in [3.63, 3.8) is 0 Å². The van der Waals surface area contributed by atoms with Crippen LogP contribution >= 0.6 is 11.8 Å². The van der Waals surface area contributed by atoms with E-state index in [1.165, 1.54) is 17.9 Å². The molecule has 0 spiro atoms. The Balaban J connectivity index is 1.83. The van der Waals surface area contributed by atoms with Crippen LogP contribution in [-0.4, -0.2) is 32.3 Å². The molecule has 4 nitrogen and oxygen atoms in total. The third kappa shape index (κ3) is 2.95. The van der Waals surface area contributed by atoms with Gasteiger partial charge in [0.1, 0.15) is 12.2 Å². The van der Waals surface area contributed by atoms with Crippen molar-refractivity contribution in [1.82, 2.24) is 20.1 Å². The molecule has 1 aliphatic heterocycles. The molecule has 1 saturated heterocycles. The highest BCUT2D eigenvalue weighted by Crippen LogP contribution is 2.17. The molecule has 84 valence electrons. The van der Waals surface area contributed by atoms with Gasteiger partial charge in [-0.2, -0.15) is 11.8 Å². The van der Waals surface area contributed by atoms with E-state index < -0.39 is 0 Å². The Morgan fingerprint density at radius 2 is 2.60 bits per heavy atom. The Kier molecular flexibility index (Phi) is 4.02. The van der Waals surface area contributed by atoms with Gasteiger partial charge in [-0.15, -0.1) is 10.2 Å². The molecule has 1 aromatic rings. The number of hydrogen-bond donors (Lipinski definition) is 1. The lowest BCUT2D eigenvalue weighted by molar-refractivity contribution is 0.522. The largest absolute Gasteiger partial charge is 0.317 e. The SMILES string of the molecule is CCCn1cnnc1CN[C@@H]1CCSC1. The summed E-state index contributed by atoms with van der Waals surface area (Å²) >= 11 is 2.03. The zero-order chi connectivity index (χ0) is 10.5. The number of aromatic nitrogens is 3. The van der Waals surface area contributed by atoms with Crippen LogP contribution in [0.2, 0.25) is 0 Å². The summed E-state index contributed by atoms with van der Waals surface area (Å²) in [6, 6.07) is 0.668.